The van der Waals surface area contributed by atoms with E-state index >= 15 is 0 Å². The highest BCUT2D eigenvalue weighted by atomic mass is 35.5. The molecule has 1 aromatic carbocycles. The van der Waals surface area contributed by atoms with E-state index in [1.54, 1.807) is 6.07 Å². The lowest BCUT2D eigenvalue weighted by atomic mass is 10.0. The van der Waals surface area contributed by atoms with Gasteiger partial charge < -0.3 is 5.32 Å². The Labute approximate surface area is 92.6 Å². The second-order valence-corrected chi connectivity index (χ2v) is 4.12. The van der Waals surface area contributed by atoms with E-state index in [2.05, 4.69) is 10.6 Å². The molecule has 0 spiro atoms. The topological polar surface area (TPSA) is 50.1 Å². The first-order valence-electron chi connectivity index (χ1n) is 4.35. The lowest BCUT2D eigenvalue weighted by Crippen LogP contribution is -2.48. The van der Waals surface area contributed by atoms with E-state index in [4.69, 9.17) is 28.9 Å². The Morgan fingerprint density at radius 3 is 2.79 bits per heavy atom. The summed E-state index contributed by atoms with van der Waals surface area (Å²) in [6.45, 7) is 2.00. The van der Waals surface area contributed by atoms with Crippen LogP contribution >= 0.6 is 23.2 Å². The molecule has 1 aliphatic heterocycles. The highest BCUT2D eigenvalue weighted by molar-refractivity contribution is 6.42. The van der Waals surface area contributed by atoms with Crippen LogP contribution < -0.4 is 16.4 Å². The molecular formula is C9H11Cl2N3. The van der Waals surface area contributed by atoms with Crippen molar-refractivity contribution in [1.82, 2.24) is 5.32 Å². The van der Waals surface area contributed by atoms with Gasteiger partial charge in [0, 0.05) is 17.3 Å². The highest BCUT2D eigenvalue weighted by Crippen LogP contribution is 2.37. The number of nitrogens with one attached hydrogen (secondary N) is 2. The molecule has 0 saturated heterocycles. The van der Waals surface area contributed by atoms with Crippen molar-refractivity contribution in [2.24, 2.45) is 5.73 Å². The van der Waals surface area contributed by atoms with Crippen LogP contribution in [0.25, 0.3) is 0 Å². The Morgan fingerprint density at radius 2 is 2.07 bits per heavy atom. The molecule has 0 radical (unpaired) electrons. The van der Waals surface area contributed by atoms with Crippen molar-refractivity contribution in [2.75, 3.05) is 5.32 Å². The van der Waals surface area contributed by atoms with Gasteiger partial charge in [0.1, 0.15) is 6.29 Å². The maximum absolute atomic E-state index is 6.10. The summed E-state index contributed by atoms with van der Waals surface area (Å²) in [6, 6.07) is 3.76. The van der Waals surface area contributed by atoms with Crippen LogP contribution in [0.4, 0.5) is 5.69 Å². The Bertz CT molecular complexity index is 367. The molecule has 76 valence electrons. The van der Waals surface area contributed by atoms with Crippen molar-refractivity contribution >= 4 is 28.9 Å². The largest absolute Gasteiger partial charge is 0.357 e. The molecule has 0 fully saturated rings. The van der Waals surface area contributed by atoms with Crippen molar-refractivity contribution in [3.8, 4) is 0 Å². The van der Waals surface area contributed by atoms with Crippen LogP contribution in [0.1, 0.15) is 18.5 Å². The fourth-order valence-electron chi connectivity index (χ4n) is 1.68. The maximum Gasteiger partial charge on any atom is 0.130 e. The molecule has 0 amide bonds. The summed E-state index contributed by atoms with van der Waals surface area (Å²) in [6.07, 6.45) is -0.241. The molecule has 4 N–H and O–H groups in total. The summed E-state index contributed by atoms with van der Waals surface area (Å²) in [5, 5.41) is 7.36. The summed E-state index contributed by atoms with van der Waals surface area (Å²) in [5.41, 5.74) is 7.65. The lowest BCUT2D eigenvalue weighted by molar-refractivity contribution is 0.481. The third-order valence-corrected chi connectivity index (χ3v) is 3.13. The summed E-state index contributed by atoms with van der Waals surface area (Å²) >= 11 is 12.0. The van der Waals surface area contributed by atoms with E-state index < -0.39 is 0 Å². The van der Waals surface area contributed by atoms with E-state index in [9.17, 15) is 0 Å². The monoisotopic (exact) mass is 231 g/mol. The van der Waals surface area contributed by atoms with Gasteiger partial charge in [-0.3, -0.25) is 11.1 Å². The van der Waals surface area contributed by atoms with E-state index in [0.717, 1.165) is 11.3 Å². The molecule has 1 aromatic rings. The van der Waals surface area contributed by atoms with Gasteiger partial charge in [0.15, 0.2) is 0 Å². The standard InChI is InChI=1S/C9H11Cl2N3/c1-4-7-6(14-9(12)13-4)3-2-5(10)8(7)11/h2-4,9,13-14H,12H2,1H3. The SMILES string of the molecule is CC1NC(N)Nc2ccc(Cl)c(Cl)c21. The third-order valence-electron chi connectivity index (χ3n) is 2.31. The third kappa shape index (κ3) is 1.57. The van der Waals surface area contributed by atoms with Crippen molar-refractivity contribution in [2.45, 2.75) is 19.3 Å². The van der Waals surface area contributed by atoms with E-state index in [1.165, 1.54) is 0 Å². The van der Waals surface area contributed by atoms with Crippen molar-refractivity contribution < 1.29 is 0 Å². The number of nitrogens with two attached hydrogens (primary N) is 1. The second-order valence-electron chi connectivity index (χ2n) is 3.33. The van der Waals surface area contributed by atoms with Gasteiger partial charge in [-0.1, -0.05) is 23.2 Å². The van der Waals surface area contributed by atoms with Crippen LogP contribution in [-0.2, 0) is 0 Å². The van der Waals surface area contributed by atoms with Crippen molar-refractivity contribution in [1.29, 1.82) is 0 Å². The Hall–Kier alpha value is -0.480. The zero-order chi connectivity index (χ0) is 10.3. The lowest BCUT2D eigenvalue weighted by Gasteiger charge is -2.31. The zero-order valence-corrected chi connectivity index (χ0v) is 9.15. The fraction of sp³-hybridized carbons (Fsp3) is 0.333. The maximum atomic E-state index is 6.10. The van der Waals surface area contributed by atoms with Crippen LogP contribution in [-0.4, -0.2) is 6.29 Å². The number of fused-ring (bicyclic) bond motifs is 1. The van der Waals surface area contributed by atoms with Crippen LogP contribution in [0, 0.1) is 0 Å². The number of hydrogen-bond acceptors (Lipinski definition) is 3. The smallest absolute Gasteiger partial charge is 0.130 e. The van der Waals surface area contributed by atoms with Crippen LogP contribution in [0.5, 0.6) is 0 Å². The number of anilines is 1. The summed E-state index contributed by atoms with van der Waals surface area (Å²) in [7, 11) is 0. The Balaban J connectivity index is 2.54. The first kappa shape index (κ1) is 10.1. The quantitative estimate of drug-likeness (QED) is 0.643. The van der Waals surface area contributed by atoms with Gasteiger partial charge in [0.05, 0.1) is 10.0 Å². The minimum absolute atomic E-state index is 0.104. The van der Waals surface area contributed by atoms with Gasteiger partial charge in [0.25, 0.3) is 0 Å². The molecule has 1 aliphatic rings. The Kier molecular flexibility index (Phi) is 2.58. The molecule has 0 bridgehead atoms. The highest BCUT2D eigenvalue weighted by Gasteiger charge is 2.23. The average molecular weight is 232 g/mol. The van der Waals surface area contributed by atoms with Crippen LogP contribution in [0.2, 0.25) is 10.0 Å². The predicted octanol–water partition coefficient (Wildman–Crippen LogP) is 2.31. The molecule has 0 aromatic heterocycles. The molecule has 14 heavy (non-hydrogen) atoms. The summed E-state index contributed by atoms with van der Waals surface area (Å²) in [5.74, 6) is 0. The number of benzene rings is 1. The second kappa shape index (κ2) is 3.59. The predicted molar refractivity (Wildman–Crippen MR) is 59.6 cm³/mol. The Morgan fingerprint density at radius 1 is 1.36 bits per heavy atom. The van der Waals surface area contributed by atoms with Crippen molar-refractivity contribution in [3.63, 3.8) is 0 Å². The zero-order valence-electron chi connectivity index (χ0n) is 7.64. The minimum Gasteiger partial charge on any atom is -0.357 e. The molecule has 2 unspecified atom stereocenters. The first-order valence-corrected chi connectivity index (χ1v) is 5.11. The molecule has 5 heteroatoms. The minimum atomic E-state index is -0.241. The molecular weight excluding hydrogens is 221 g/mol. The van der Waals surface area contributed by atoms with E-state index in [-0.39, 0.29) is 12.3 Å². The average Bonchev–Trinajstić information content (AvgIpc) is 2.10. The van der Waals surface area contributed by atoms with Gasteiger partial charge in [-0.2, -0.15) is 0 Å². The molecule has 2 atom stereocenters. The molecule has 2 rings (SSSR count). The van der Waals surface area contributed by atoms with Crippen LogP contribution in [0.15, 0.2) is 12.1 Å². The van der Waals surface area contributed by atoms with Gasteiger partial charge in [-0.15, -0.1) is 0 Å². The summed E-state index contributed by atoms with van der Waals surface area (Å²) < 4.78 is 0. The van der Waals surface area contributed by atoms with Gasteiger partial charge in [-0.25, -0.2) is 0 Å². The molecule has 3 nitrogen and oxygen atoms in total. The number of rotatable bonds is 0. The van der Waals surface area contributed by atoms with Crippen LogP contribution in [0.3, 0.4) is 0 Å². The molecule has 0 aliphatic carbocycles. The summed E-state index contributed by atoms with van der Waals surface area (Å²) in [4.78, 5) is 0. The van der Waals surface area contributed by atoms with E-state index in [0.29, 0.717) is 10.0 Å². The van der Waals surface area contributed by atoms with E-state index in [1.807, 2.05) is 13.0 Å². The molecule has 0 saturated carbocycles. The number of halogens is 2. The first-order chi connectivity index (χ1) is 6.59. The fourth-order valence-corrected chi connectivity index (χ4v) is 2.17. The number of hydrogen-bond donors (Lipinski definition) is 3. The van der Waals surface area contributed by atoms with Gasteiger partial charge in [0.2, 0.25) is 0 Å². The van der Waals surface area contributed by atoms with Gasteiger partial charge >= 0.3 is 0 Å². The van der Waals surface area contributed by atoms with Gasteiger partial charge in [-0.05, 0) is 19.1 Å². The van der Waals surface area contributed by atoms with Crippen molar-refractivity contribution in [3.05, 3.63) is 27.7 Å². The molecule has 1 heterocycles. The normalized spacial score (nSPS) is 25.4.